The SMILES string of the molecule is CCCCC1C(=O)N(C)C(CCCC)C(=O)NC(CCCNC(=N)N)C(=O)NC(C(=O)NCC(N)=O)CSCC(=O)NC(Cc2ccccc2)C(=O)N(C)C(C)C(=O)NC(CC(N)=O)C(=O)N2CCCC2C(=O)NC(C)C(=O)NC(CC(C)C)C(=O)N(C)CC(=O)NC(Cc2c[nH]c3ccccc23)C(=O)NC(CO)C(=O)NC(Cc2c[nH]c3ccccc23)C(=O)N1C. The van der Waals surface area contributed by atoms with E-state index in [2.05, 4.69) is 68.5 Å². The number of hydrogen-bond donors (Lipinski definition) is 18. The first-order valence-electron chi connectivity index (χ1n) is 42.7. The van der Waals surface area contributed by atoms with Crippen LogP contribution in [-0.4, -0.2) is 297 Å². The summed E-state index contributed by atoms with van der Waals surface area (Å²) in [5, 5.41) is 49.1. The third-order valence-electron chi connectivity index (χ3n) is 22.3. The summed E-state index contributed by atoms with van der Waals surface area (Å²) in [6, 6.07) is 3.31. The number of aliphatic hydroxyl groups excluding tert-OH is 1. The molecular formula is C86H124N22O18S. The highest BCUT2D eigenvalue weighted by Gasteiger charge is 2.44. The lowest BCUT2D eigenvalue weighted by Gasteiger charge is -2.36. The number of guanidine groups is 1. The summed E-state index contributed by atoms with van der Waals surface area (Å²) >= 11 is 0.798. The minimum absolute atomic E-state index is 0.00136. The van der Waals surface area contributed by atoms with Crippen molar-refractivity contribution >= 4 is 140 Å². The van der Waals surface area contributed by atoms with E-state index in [1.54, 1.807) is 105 Å². The molecule has 2 aliphatic rings. The van der Waals surface area contributed by atoms with Gasteiger partial charge in [-0.15, -0.1) is 11.8 Å². The first-order valence-corrected chi connectivity index (χ1v) is 43.8. The fourth-order valence-electron chi connectivity index (χ4n) is 15.1. The van der Waals surface area contributed by atoms with Gasteiger partial charge in [0.2, 0.25) is 100 Å². The number of H-pyrrole nitrogens is 2. The van der Waals surface area contributed by atoms with Crippen LogP contribution in [0.4, 0.5) is 0 Å². The van der Waals surface area contributed by atoms with Gasteiger partial charge < -0.3 is 115 Å². The first-order chi connectivity index (χ1) is 60.4. The molecule has 0 bridgehead atoms. The molecule has 4 heterocycles. The molecule has 21 N–H and O–H groups in total. The van der Waals surface area contributed by atoms with Crippen molar-refractivity contribution in [2.24, 2.45) is 23.1 Å². The van der Waals surface area contributed by atoms with Gasteiger partial charge in [-0.25, -0.2) is 0 Å². The van der Waals surface area contributed by atoms with Gasteiger partial charge in [0.15, 0.2) is 5.96 Å². The number of nitrogens with zero attached hydrogens (tertiary/aromatic N) is 5. The predicted molar refractivity (Wildman–Crippen MR) is 473 cm³/mol. The molecule has 0 radical (unpaired) electrons. The van der Waals surface area contributed by atoms with Crippen LogP contribution >= 0.6 is 11.8 Å². The third-order valence-corrected chi connectivity index (χ3v) is 23.3. The van der Waals surface area contributed by atoms with Crippen molar-refractivity contribution in [2.45, 2.75) is 216 Å². The van der Waals surface area contributed by atoms with Crippen molar-refractivity contribution in [2.75, 3.05) is 72.5 Å². The summed E-state index contributed by atoms with van der Waals surface area (Å²) in [7, 11) is 5.26. The maximum atomic E-state index is 15.6. The van der Waals surface area contributed by atoms with E-state index in [0.29, 0.717) is 64.2 Å². The molecule has 40 nitrogen and oxygen atoms in total. The number of amides is 17. The number of aliphatic hydroxyl groups is 1. The molecule has 5 aromatic rings. The second kappa shape index (κ2) is 49.3. The van der Waals surface area contributed by atoms with Crippen molar-refractivity contribution in [1.29, 1.82) is 5.41 Å². The summed E-state index contributed by atoms with van der Waals surface area (Å²) < 4.78 is 0. The number of likely N-dealkylation sites (N-methyl/N-ethyl adjacent to an activating group) is 4. The lowest BCUT2D eigenvalue weighted by Crippen LogP contribution is -2.61. The number of thioether (sulfide) groups is 1. The number of nitrogens with two attached hydrogens (primary N) is 3. The van der Waals surface area contributed by atoms with Crippen LogP contribution in [0.1, 0.15) is 135 Å². The Hall–Kier alpha value is -12.7. The molecule has 2 saturated heterocycles. The normalized spacial score (nSPS) is 24.0. The fraction of sp³-hybridized carbons (Fsp3) is 0.535. The van der Waals surface area contributed by atoms with E-state index in [1.165, 1.54) is 42.0 Å². The summed E-state index contributed by atoms with van der Waals surface area (Å²) in [5.74, 6) is -16.8. The fourth-order valence-corrected chi connectivity index (χ4v) is 16.0. The van der Waals surface area contributed by atoms with Crippen LogP contribution in [0.3, 0.4) is 0 Å². The van der Waals surface area contributed by atoms with Gasteiger partial charge in [0.05, 0.1) is 31.9 Å². The molecular weight excluding hydrogens is 1660 g/mol. The molecule has 2 aliphatic heterocycles. The number of hydrogen-bond acceptors (Lipinski definition) is 20. The van der Waals surface area contributed by atoms with Crippen LogP contribution < -0.4 is 75.7 Å². The van der Waals surface area contributed by atoms with Crippen LogP contribution in [-0.2, 0) is 101 Å². The Morgan fingerprint density at radius 2 is 1.06 bits per heavy atom. The third kappa shape index (κ3) is 29.7. The van der Waals surface area contributed by atoms with Gasteiger partial charge in [0, 0.05) is 100 Å². The molecule has 0 aliphatic carbocycles. The molecule has 13 atom stereocenters. The highest BCUT2D eigenvalue weighted by atomic mass is 32.2. The average Bonchev–Trinajstić information content (AvgIpc) is 1.61. The number of unbranched alkanes of at least 4 members (excludes halogenated alkanes) is 2. The number of carbonyl (C=O) groups is 17. The minimum atomic E-state index is -1.84. The van der Waals surface area contributed by atoms with E-state index >= 15 is 14.4 Å². The number of aromatic amines is 2. The summed E-state index contributed by atoms with van der Waals surface area (Å²) in [6.45, 7) is 7.34. The maximum absolute atomic E-state index is 15.6. The standard InChI is InChI=1S/C86H124N22O18S/c1-11-13-31-66-79(120)98-58(30-22-34-91-86(89)90)76(117)103-65(75(116)94-43-70(88)111)46-127-47-72(113)97-61(37-51-24-16-15-17-25-51)82(123)105(8)50(6)74(115)100-63(40-69(87)110)84(125)108-35-23-33-67(108)80(121)95-49(5)73(114)99-60(36-48(3)4)81(122)104(7)44-71(112)96-59(38-52-41-92-56-28-20-18-26-54(52)56)77(118)102-64(45-109)78(119)101-62(39-53-42-93-57-29-21-19-27-55(53)57)83(124)107(10)68(32-14-12-2)85(126)106(66)9/h15-21,24-29,41-42,48-50,58-68,92-93,109H,11-14,22-23,30-40,43-47H2,1-10H3,(H2,87,110)(H2,88,111)(H,94,116)(H,95,121)(H,96,112)(H,97,113)(H,98,120)(H,99,114)(H,100,115)(H,101,119)(H,102,118)(H,103,117)(H4,89,90,91). The molecule has 2 aromatic heterocycles. The van der Waals surface area contributed by atoms with Crippen LogP contribution in [0.2, 0.25) is 0 Å². The zero-order valence-corrected chi connectivity index (χ0v) is 74.4. The smallest absolute Gasteiger partial charge is 0.246 e. The number of carbonyl (C=O) groups excluding carboxylic acids is 17. The van der Waals surface area contributed by atoms with Crippen molar-refractivity contribution in [3.8, 4) is 0 Å². The lowest BCUT2D eigenvalue weighted by atomic mass is 10.00. The van der Waals surface area contributed by atoms with Crippen LogP contribution in [0.15, 0.2) is 91.3 Å². The van der Waals surface area contributed by atoms with Gasteiger partial charge >= 0.3 is 0 Å². The molecule has 41 heteroatoms. The molecule has 13 unspecified atom stereocenters. The molecule has 127 heavy (non-hydrogen) atoms. The Labute approximate surface area is 741 Å². The molecule has 0 saturated carbocycles. The molecule has 3 aromatic carbocycles. The zero-order chi connectivity index (χ0) is 93.5. The number of fused-ring (bicyclic) bond motifs is 3. The molecule has 17 amide bonds. The monoisotopic (exact) mass is 1780 g/mol. The molecule has 2 fully saturated rings. The Balaban J connectivity index is 1.28. The predicted octanol–water partition coefficient (Wildman–Crippen LogP) is -2.08. The van der Waals surface area contributed by atoms with Gasteiger partial charge in [-0.05, 0) is 93.5 Å². The minimum Gasteiger partial charge on any atom is -0.394 e. The van der Waals surface area contributed by atoms with Gasteiger partial charge in [-0.2, -0.15) is 0 Å². The second-order valence-corrected chi connectivity index (χ2v) is 33.6. The quantitative estimate of drug-likeness (QED) is 0.0179. The van der Waals surface area contributed by atoms with Crippen molar-refractivity contribution in [3.63, 3.8) is 0 Å². The average molecular weight is 1790 g/mol. The van der Waals surface area contributed by atoms with Gasteiger partial charge in [0.25, 0.3) is 0 Å². The molecule has 0 spiro atoms. The number of benzene rings is 3. The lowest BCUT2D eigenvalue weighted by molar-refractivity contribution is -0.149. The Morgan fingerprint density at radius 1 is 0.528 bits per heavy atom. The largest absolute Gasteiger partial charge is 0.394 e. The molecule has 692 valence electrons. The van der Waals surface area contributed by atoms with E-state index in [9.17, 15) is 72.2 Å². The Bertz CT molecular complexity index is 4740. The first kappa shape index (κ1) is 101. The van der Waals surface area contributed by atoms with E-state index in [4.69, 9.17) is 22.6 Å². The topological polar surface area (TPSA) is 592 Å². The van der Waals surface area contributed by atoms with E-state index in [0.717, 1.165) is 36.3 Å². The summed E-state index contributed by atoms with van der Waals surface area (Å²) in [4.78, 5) is 257. The second-order valence-electron chi connectivity index (χ2n) is 32.5. The number of primary amides is 2. The van der Waals surface area contributed by atoms with Crippen molar-refractivity contribution in [3.05, 3.63) is 108 Å². The zero-order valence-electron chi connectivity index (χ0n) is 73.6. The summed E-state index contributed by atoms with van der Waals surface area (Å²) in [6.07, 6.45) is 3.74. The highest BCUT2D eigenvalue weighted by molar-refractivity contribution is 8.00. The van der Waals surface area contributed by atoms with E-state index in [1.807, 2.05) is 13.8 Å². The van der Waals surface area contributed by atoms with Gasteiger partial charge in [-0.1, -0.05) is 120 Å². The highest BCUT2D eigenvalue weighted by Crippen LogP contribution is 2.26. The van der Waals surface area contributed by atoms with E-state index < -0.39 is 223 Å². The van der Waals surface area contributed by atoms with Crippen LogP contribution in [0.25, 0.3) is 21.8 Å². The van der Waals surface area contributed by atoms with Crippen molar-refractivity contribution in [1.82, 2.24) is 93.0 Å². The number of nitrogens with one attached hydrogen (secondary N) is 14. The number of aromatic nitrogens is 2. The van der Waals surface area contributed by atoms with Gasteiger partial charge in [-0.3, -0.25) is 86.9 Å². The Morgan fingerprint density at radius 3 is 1.66 bits per heavy atom. The van der Waals surface area contributed by atoms with Crippen molar-refractivity contribution < 1.29 is 86.6 Å². The summed E-state index contributed by atoms with van der Waals surface area (Å²) in [5.41, 5.74) is 19.6. The molecule has 7 rings (SSSR count). The number of para-hydroxylation sites is 2. The van der Waals surface area contributed by atoms with Crippen LogP contribution in [0, 0.1) is 11.3 Å². The van der Waals surface area contributed by atoms with E-state index in [-0.39, 0.29) is 83.2 Å². The van der Waals surface area contributed by atoms with Gasteiger partial charge in [0.1, 0.15) is 78.5 Å². The maximum Gasteiger partial charge on any atom is 0.246 e. The number of rotatable bonds is 24. The Kier molecular flexibility index (Phi) is 39.3. The van der Waals surface area contributed by atoms with Crippen LogP contribution in [0.5, 0.6) is 0 Å².